The molecule has 0 unspecified atom stereocenters. The van der Waals surface area contributed by atoms with Gasteiger partial charge in [0.05, 0.1) is 11.2 Å². The van der Waals surface area contributed by atoms with Gasteiger partial charge in [0.15, 0.2) is 0 Å². The fourth-order valence-corrected chi connectivity index (χ4v) is 3.81. The van der Waals surface area contributed by atoms with Crippen LogP contribution in [0.3, 0.4) is 0 Å². The zero-order valence-electron chi connectivity index (χ0n) is 12.7. The van der Waals surface area contributed by atoms with E-state index in [0.717, 1.165) is 18.9 Å². The Morgan fingerprint density at radius 1 is 1.43 bits per heavy atom. The van der Waals surface area contributed by atoms with Crippen LogP contribution in [0.1, 0.15) is 34.9 Å². The van der Waals surface area contributed by atoms with Crippen molar-refractivity contribution in [1.29, 1.82) is 0 Å². The molecule has 0 amide bonds. The van der Waals surface area contributed by atoms with Crippen LogP contribution in [-0.2, 0) is 6.54 Å². The fourth-order valence-electron chi connectivity index (χ4n) is 2.99. The summed E-state index contributed by atoms with van der Waals surface area (Å²) in [7, 11) is 1.92. The van der Waals surface area contributed by atoms with E-state index < -0.39 is 0 Å². The minimum atomic E-state index is 0.613. The van der Waals surface area contributed by atoms with Gasteiger partial charge in [0.1, 0.15) is 5.82 Å². The van der Waals surface area contributed by atoms with Crippen LogP contribution in [0.15, 0.2) is 23.8 Å². The molecule has 0 radical (unpaired) electrons. The molecule has 1 N–H and O–H groups in total. The van der Waals surface area contributed by atoms with E-state index >= 15 is 0 Å². The van der Waals surface area contributed by atoms with E-state index in [2.05, 4.69) is 39.2 Å². The third-order valence-electron chi connectivity index (χ3n) is 4.23. The lowest BCUT2D eigenvalue weighted by atomic mass is 9.91. The number of rotatable bonds is 4. The highest BCUT2D eigenvalue weighted by Crippen LogP contribution is 2.29. The first-order valence-electron chi connectivity index (χ1n) is 7.51. The van der Waals surface area contributed by atoms with E-state index in [-0.39, 0.29) is 0 Å². The third-order valence-corrected chi connectivity index (χ3v) is 5.15. The van der Waals surface area contributed by atoms with Crippen molar-refractivity contribution >= 4 is 17.2 Å². The smallest absolute Gasteiger partial charge is 0.125 e. The summed E-state index contributed by atoms with van der Waals surface area (Å²) in [5.74, 6) is 1.57. The van der Waals surface area contributed by atoms with Gasteiger partial charge in [-0.05, 0) is 49.9 Å². The maximum atomic E-state index is 4.36. The predicted molar refractivity (Wildman–Crippen MR) is 87.9 cm³/mol. The Labute approximate surface area is 130 Å². The summed E-state index contributed by atoms with van der Waals surface area (Å²) in [5.41, 5.74) is 4.54. The Morgan fingerprint density at radius 3 is 3.10 bits per heavy atom. The third kappa shape index (κ3) is 3.41. The number of aromatic nitrogens is 2. The molecule has 2 aromatic rings. The Hall–Kier alpha value is -1.46. The van der Waals surface area contributed by atoms with Crippen LogP contribution >= 0.6 is 11.3 Å². The monoisotopic (exact) mass is 302 g/mol. The summed E-state index contributed by atoms with van der Waals surface area (Å²) in [6.45, 7) is 5.47. The molecule has 21 heavy (non-hydrogen) atoms. The lowest BCUT2D eigenvalue weighted by Crippen LogP contribution is -2.33. The molecule has 112 valence electrons. The zero-order chi connectivity index (χ0) is 14.7. The summed E-state index contributed by atoms with van der Waals surface area (Å²) in [4.78, 5) is 12.6. The highest BCUT2D eigenvalue weighted by molar-refractivity contribution is 7.09. The van der Waals surface area contributed by atoms with Gasteiger partial charge in [0.2, 0.25) is 0 Å². The molecule has 5 heteroatoms. The molecule has 0 aromatic carbocycles. The molecule has 1 fully saturated rings. The quantitative estimate of drug-likeness (QED) is 0.941. The Balaban J connectivity index is 1.69. The Bertz CT molecular complexity index is 595. The Morgan fingerprint density at radius 2 is 2.33 bits per heavy atom. The van der Waals surface area contributed by atoms with E-state index in [1.54, 1.807) is 11.3 Å². The molecule has 3 heterocycles. The predicted octanol–water partition coefficient (Wildman–Crippen LogP) is 3.27. The minimum Gasteiger partial charge on any atom is -0.373 e. The van der Waals surface area contributed by atoms with E-state index in [0.29, 0.717) is 5.92 Å². The first kappa shape index (κ1) is 14.5. The highest BCUT2D eigenvalue weighted by Gasteiger charge is 2.22. The van der Waals surface area contributed by atoms with Crippen molar-refractivity contribution < 1.29 is 0 Å². The zero-order valence-corrected chi connectivity index (χ0v) is 13.5. The maximum Gasteiger partial charge on any atom is 0.125 e. The first-order chi connectivity index (χ1) is 10.3. The van der Waals surface area contributed by atoms with Gasteiger partial charge in [-0.3, -0.25) is 4.90 Å². The molecule has 3 rings (SSSR count). The lowest BCUT2D eigenvalue weighted by Gasteiger charge is -2.32. The maximum absolute atomic E-state index is 4.36. The van der Waals surface area contributed by atoms with Crippen LogP contribution in [-0.4, -0.2) is 35.0 Å². The second-order valence-electron chi connectivity index (χ2n) is 5.66. The summed E-state index contributed by atoms with van der Waals surface area (Å²) in [6, 6.07) is 4.35. The fraction of sp³-hybridized carbons (Fsp3) is 0.500. The number of thiazole rings is 1. The molecule has 0 saturated carbocycles. The molecular weight excluding hydrogens is 280 g/mol. The number of hydrogen-bond acceptors (Lipinski definition) is 5. The normalized spacial score (nSPS) is 19.6. The summed E-state index contributed by atoms with van der Waals surface area (Å²) in [5, 5.41) is 3.13. The highest BCUT2D eigenvalue weighted by atomic mass is 32.1. The summed E-state index contributed by atoms with van der Waals surface area (Å²) < 4.78 is 0. The van der Waals surface area contributed by atoms with Crippen LogP contribution in [0.2, 0.25) is 0 Å². The van der Waals surface area contributed by atoms with Gasteiger partial charge in [0.25, 0.3) is 0 Å². The van der Waals surface area contributed by atoms with Crippen LogP contribution in [0, 0.1) is 6.92 Å². The molecule has 4 nitrogen and oxygen atoms in total. The summed E-state index contributed by atoms with van der Waals surface area (Å²) >= 11 is 1.77. The number of likely N-dealkylation sites (tertiary alicyclic amines) is 1. The molecule has 1 aliphatic rings. The number of aryl methyl sites for hydroxylation is 1. The molecule has 1 aliphatic heterocycles. The van der Waals surface area contributed by atoms with Gasteiger partial charge in [-0.1, -0.05) is 0 Å². The van der Waals surface area contributed by atoms with E-state index in [9.17, 15) is 0 Å². The van der Waals surface area contributed by atoms with Gasteiger partial charge in [-0.2, -0.15) is 0 Å². The number of pyridine rings is 1. The number of nitrogens with zero attached hydrogens (tertiary/aromatic N) is 3. The largest absolute Gasteiger partial charge is 0.373 e. The van der Waals surface area contributed by atoms with Gasteiger partial charge in [-0.25, -0.2) is 9.97 Å². The minimum absolute atomic E-state index is 0.613. The van der Waals surface area contributed by atoms with E-state index in [1.165, 1.54) is 35.5 Å². The molecular formula is C16H22N4S. The van der Waals surface area contributed by atoms with Crippen LogP contribution in [0.25, 0.3) is 0 Å². The van der Waals surface area contributed by atoms with Gasteiger partial charge < -0.3 is 5.32 Å². The number of piperidine rings is 1. The average Bonchev–Trinajstić information content (AvgIpc) is 2.93. The average molecular weight is 302 g/mol. The van der Waals surface area contributed by atoms with E-state index in [1.807, 2.05) is 18.8 Å². The van der Waals surface area contributed by atoms with Gasteiger partial charge in [-0.15, -0.1) is 11.3 Å². The SMILES string of the molecule is CNc1cc([C@@H]2CCCN(Cc3scnc3C)C2)ccn1. The van der Waals surface area contributed by atoms with Crippen molar-refractivity contribution in [3.05, 3.63) is 40.0 Å². The molecule has 0 aliphatic carbocycles. The van der Waals surface area contributed by atoms with Gasteiger partial charge >= 0.3 is 0 Å². The number of nitrogens with one attached hydrogen (secondary N) is 1. The molecule has 0 spiro atoms. The molecule has 0 bridgehead atoms. The van der Waals surface area contributed by atoms with Gasteiger partial charge in [0, 0.05) is 31.2 Å². The van der Waals surface area contributed by atoms with Crippen molar-refractivity contribution in [2.45, 2.75) is 32.2 Å². The van der Waals surface area contributed by atoms with Crippen molar-refractivity contribution in [2.24, 2.45) is 0 Å². The number of anilines is 1. The van der Waals surface area contributed by atoms with Crippen molar-refractivity contribution in [3.63, 3.8) is 0 Å². The van der Waals surface area contributed by atoms with Crippen LogP contribution in [0.4, 0.5) is 5.82 Å². The van der Waals surface area contributed by atoms with E-state index in [4.69, 9.17) is 0 Å². The molecule has 2 aromatic heterocycles. The second kappa shape index (κ2) is 6.54. The van der Waals surface area contributed by atoms with Crippen molar-refractivity contribution in [3.8, 4) is 0 Å². The van der Waals surface area contributed by atoms with Crippen LogP contribution < -0.4 is 5.32 Å². The summed E-state index contributed by atoms with van der Waals surface area (Å²) in [6.07, 6.45) is 4.44. The van der Waals surface area contributed by atoms with Crippen LogP contribution in [0.5, 0.6) is 0 Å². The standard InChI is InChI=1S/C16H22N4S/c1-12-15(21-11-19-12)10-20-7-3-4-14(9-20)13-5-6-18-16(8-13)17-2/h5-6,8,11,14H,3-4,7,9-10H2,1-2H3,(H,17,18)/t14-/m1/s1. The van der Waals surface area contributed by atoms with Crippen molar-refractivity contribution in [1.82, 2.24) is 14.9 Å². The molecule has 1 atom stereocenters. The topological polar surface area (TPSA) is 41.0 Å². The first-order valence-corrected chi connectivity index (χ1v) is 8.39. The number of hydrogen-bond donors (Lipinski definition) is 1. The lowest BCUT2D eigenvalue weighted by molar-refractivity contribution is 0.201. The van der Waals surface area contributed by atoms with Crippen molar-refractivity contribution in [2.75, 3.05) is 25.5 Å². The second-order valence-corrected chi connectivity index (χ2v) is 6.60. The molecule has 1 saturated heterocycles. The Kier molecular flexibility index (Phi) is 4.51.